The molecule has 0 aliphatic rings. The predicted octanol–water partition coefficient (Wildman–Crippen LogP) is 3.47. The van der Waals surface area contributed by atoms with E-state index in [-0.39, 0.29) is 0 Å². The summed E-state index contributed by atoms with van der Waals surface area (Å²) in [5.41, 5.74) is 0. The molecule has 1 nitrogen and oxygen atoms in total. The second-order valence-electron chi connectivity index (χ2n) is 4.87. The number of hydrogen-bond donors (Lipinski definition) is 1. The second-order valence-corrected chi connectivity index (χ2v) is 4.87. The van der Waals surface area contributed by atoms with Crippen molar-refractivity contribution in [3.05, 3.63) is 12.7 Å². The second kappa shape index (κ2) is 8.05. The molecule has 0 amide bonds. The van der Waals surface area contributed by atoms with Gasteiger partial charge < -0.3 is 5.32 Å². The largest absolute Gasteiger partial charge is 0.316 e. The fraction of sp³-hybridized carbons (Fsp3) is 0.846. The maximum Gasteiger partial charge on any atom is -0.00205 e. The highest BCUT2D eigenvalue weighted by Gasteiger charge is 2.10. The van der Waals surface area contributed by atoms with Gasteiger partial charge in [-0.3, -0.25) is 0 Å². The summed E-state index contributed by atoms with van der Waals surface area (Å²) in [5.74, 6) is 2.33. The maximum atomic E-state index is 3.76. The van der Waals surface area contributed by atoms with Crippen LogP contribution in [-0.4, -0.2) is 13.1 Å². The molecule has 0 aromatic heterocycles. The minimum Gasteiger partial charge on any atom is -0.316 e. The lowest BCUT2D eigenvalue weighted by Gasteiger charge is -2.20. The smallest absolute Gasteiger partial charge is 0.00205 e. The molecule has 0 aromatic rings. The molecular weight excluding hydrogens is 170 g/mol. The van der Waals surface area contributed by atoms with Crippen LogP contribution in [0.15, 0.2) is 12.7 Å². The summed E-state index contributed by atoms with van der Waals surface area (Å²) in [4.78, 5) is 0. The third-order valence-corrected chi connectivity index (χ3v) is 2.82. The molecule has 0 saturated carbocycles. The average Bonchev–Trinajstić information content (AvgIpc) is 2.13. The molecule has 0 heterocycles. The highest BCUT2D eigenvalue weighted by Crippen LogP contribution is 2.16. The van der Waals surface area contributed by atoms with Gasteiger partial charge in [-0.2, -0.15) is 0 Å². The van der Waals surface area contributed by atoms with Gasteiger partial charge in [0.25, 0.3) is 0 Å². The van der Waals surface area contributed by atoms with Crippen molar-refractivity contribution in [1.29, 1.82) is 0 Å². The van der Waals surface area contributed by atoms with E-state index in [0.29, 0.717) is 0 Å². The van der Waals surface area contributed by atoms with E-state index in [1.54, 1.807) is 0 Å². The number of nitrogens with one attached hydrogen (secondary N) is 1. The minimum absolute atomic E-state index is 0.755. The third kappa shape index (κ3) is 7.14. The zero-order valence-corrected chi connectivity index (χ0v) is 10.3. The summed E-state index contributed by atoms with van der Waals surface area (Å²) in [7, 11) is 0. The zero-order valence-electron chi connectivity index (χ0n) is 10.3. The summed E-state index contributed by atoms with van der Waals surface area (Å²) >= 11 is 0. The van der Waals surface area contributed by atoms with Crippen LogP contribution in [0.4, 0.5) is 0 Å². The Morgan fingerprint density at radius 1 is 1.07 bits per heavy atom. The summed E-state index contributed by atoms with van der Waals surface area (Å²) in [6.07, 6.45) is 4.44. The highest BCUT2D eigenvalue weighted by molar-refractivity contribution is 4.71. The summed E-state index contributed by atoms with van der Waals surface area (Å²) in [6.45, 7) is 15.2. The molecule has 14 heavy (non-hydrogen) atoms. The van der Waals surface area contributed by atoms with Crippen LogP contribution in [0, 0.1) is 17.8 Å². The van der Waals surface area contributed by atoms with Crippen molar-refractivity contribution in [2.24, 2.45) is 17.8 Å². The van der Waals surface area contributed by atoms with Gasteiger partial charge in [-0.15, -0.1) is 6.58 Å². The van der Waals surface area contributed by atoms with Crippen molar-refractivity contribution in [2.45, 2.75) is 40.5 Å². The van der Waals surface area contributed by atoms with Gasteiger partial charge in [-0.25, -0.2) is 0 Å². The Morgan fingerprint density at radius 3 is 2.21 bits per heavy atom. The molecule has 0 aliphatic heterocycles. The van der Waals surface area contributed by atoms with Crippen LogP contribution in [0.3, 0.4) is 0 Å². The molecule has 0 fully saturated rings. The molecule has 0 saturated heterocycles. The van der Waals surface area contributed by atoms with E-state index in [0.717, 1.165) is 37.3 Å². The van der Waals surface area contributed by atoms with Gasteiger partial charge in [0, 0.05) is 0 Å². The van der Waals surface area contributed by atoms with E-state index < -0.39 is 0 Å². The zero-order chi connectivity index (χ0) is 11.0. The van der Waals surface area contributed by atoms with Crippen LogP contribution in [0.5, 0.6) is 0 Å². The normalized spacial score (nSPS) is 15.5. The summed E-state index contributed by atoms with van der Waals surface area (Å²) in [6, 6.07) is 0. The lowest BCUT2D eigenvalue weighted by atomic mass is 9.91. The van der Waals surface area contributed by atoms with E-state index >= 15 is 0 Å². The van der Waals surface area contributed by atoms with Crippen molar-refractivity contribution in [3.63, 3.8) is 0 Å². The lowest BCUT2D eigenvalue weighted by Crippen LogP contribution is -2.28. The van der Waals surface area contributed by atoms with Gasteiger partial charge in [0.15, 0.2) is 0 Å². The monoisotopic (exact) mass is 197 g/mol. The Morgan fingerprint density at radius 2 is 1.71 bits per heavy atom. The Balaban J connectivity index is 3.50. The lowest BCUT2D eigenvalue weighted by molar-refractivity contribution is 0.343. The fourth-order valence-corrected chi connectivity index (χ4v) is 1.47. The molecular formula is C13H27N. The highest BCUT2D eigenvalue weighted by atomic mass is 14.9. The van der Waals surface area contributed by atoms with Crippen LogP contribution >= 0.6 is 0 Å². The van der Waals surface area contributed by atoms with E-state index in [1.807, 2.05) is 6.08 Å². The Labute approximate surface area is 90.0 Å². The van der Waals surface area contributed by atoms with Gasteiger partial charge in [0.1, 0.15) is 0 Å². The Hall–Kier alpha value is -0.300. The first-order chi connectivity index (χ1) is 6.57. The van der Waals surface area contributed by atoms with Gasteiger partial charge >= 0.3 is 0 Å². The van der Waals surface area contributed by atoms with Crippen LogP contribution in [0.2, 0.25) is 0 Å². The molecule has 0 rings (SSSR count). The third-order valence-electron chi connectivity index (χ3n) is 2.82. The molecule has 0 aliphatic carbocycles. The molecule has 0 radical (unpaired) electrons. The topological polar surface area (TPSA) is 12.0 Å². The van der Waals surface area contributed by atoms with E-state index in [9.17, 15) is 0 Å². The Kier molecular flexibility index (Phi) is 7.87. The molecule has 0 aromatic carbocycles. The molecule has 1 heteroatoms. The van der Waals surface area contributed by atoms with Crippen molar-refractivity contribution in [2.75, 3.05) is 13.1 Å². The number of rotatable bonds is 8. The fourth-order valence-electron chi connectivity index (χ4n) is 1.47. The molecule has 84 valence electrons. The van der Waals surface area contributed by atoms with Gasteiger partial charge in [0.2, 0.25) is 0 Å². The minimum atomic E-state index is 0.755. The van der Waals surface area contributed by atoms with Crippen molar-refractivity contribution in [3.8, 4) is 0 Å². The number of allylic oxidation sites excluding steroid dienone is 1. The van der Waals surface area contributed by atoms with Crippen LogP contribution in [0.25, 0.3) is 0 Å². The van der Waals surface area contributed by atoms with E-state index in [2.05, 4.69) is 39.6 Å². The number of hydrogen-bond acceptors (Lipinski definition) is 1. The van der Waals surface area contributed by atoms with Crippen LogP contribution in [-0.2, 0) is 0 Å². The summed E-state index contributed by atoms with van der Waals surface area (Å²) < 4.78 is 0. The van der Waals surface area contributed by atoms with Crippen LogP contribution in [0.1, 0.15) is 40.5 Å². The van der Waals surface area contributed by atoms with Crippen molar-refractivity contribution >= 4 is 0 Å². The first-order valence-corrected chi connectivity index (χ1v) is 5.89. The molecule has 0 bridgehead atoms. The maximum absolute atomic E-state index is 3.76. The molecule has 0 spiro atoms. The molecule has 2 atom stereocenters. The molecule has 1 N–H and O–H groups in total. The standard InChI is InChI=1S/C13H27N/c1-6-7-8-12(4)13(5)10-14-9-11(2)3/h6,11-14H,1,7-10H2,2-5H3. The van der Waals surface area contributed by atoms with Gasteiger partial charge in [-0.05, 0) is 43.7 Å². The van der Waals surface area contributed by atoms with Gasteiger partial charge in [-0.1, -0.05) is 33.8 Å². The first-order valence-electron chi connectivity index (χ1n) is 5.89. The summed E-state index contributed by atoms with van der Waals surface area (Å²) in [5, 5.41) is 3.52. The SMILES string of the molecule is C=CCCC(C)C(C)CNCC(C)C. The first kappa shape index (κ1) is 13.7. The Bertz CT molecular complexity index is 140. The van der Waals surface area contributed by atoms with Crippen molar-refractivity contribution in [1.82, 2.24) is 5.32 Å². The quantitative estimate of drug-likeness (QED) is 0.588. The molecule has 2 unspecified atom stereocenters. The van der Waals surface area contributed by atoms with Crippen LogP contribution < -0.4 is 5.32 Å². The predicted molar refractivity (Wildman–Crippen MR) is 65.5 cm³/mol. The van der Waals surface area contributed by atoms with E-state index in [4.69, 9.17) is 0 Å². The average molecular weight is 197 g/mol. The van der Waals surface area contributed by atoms with E-state index in [1.165, 1.54) is 6.42 Å². The van der Waals surface area contributed by atoms with Gasteiger partial charge in [0.05, 0.1) is 0 Å². The van der Waals surface area contributed by atoms with Crippen molar-refractivity contribution < 1.29 is 0 Å².